The summed E-state index contributed by atoms with van der Waals surface area (Å²) in [4.78, 5) is 0. The summed E-state index contributed by atoms with van der Waals surface area (Å²) in [5.41, 5.74) is 1.57. The molecule has 11 N–H and O–H groups in total. The topological polar surface area (TPSA) is 287 Å². The molecular formula is C45H74O18. The molecule has 4 heterocycles. The highest BCUT2D eigenvalue weighted by atomic mass is 16.8. The van der Waals surface area contributed by atoms with Crippen molar-refractivity contribution in [1.29, 1.82) is 0 Å². The standard InChI is InChI=1S/C45H74O18/c1-19(18-57-41-38(55)35(52)32(49)28(15-46)60-41)5-8-26-20(2)31-27(59-26)14-25-23-7-6-21-13-22(9-11-44(21,3)24(23)10-12-45(25,31)4)58-43-40(37(54)34(51)30(17-48)62-43)63-42-39(56)36(53)33(50)29(16-47)61-42/h19,21-25,27-43,46-56H,5-18H2,1-4H3/t19?,21?,22?,23-,24+,25+,27+,28-,29-,30-,31+,32-,33-,34+,35+,36+,37+,38-,39-,40-,41-,42+,43-,44+,45+/m1/s1. The monoisotopic (exact) mass is 902 g/mol. The molecule has 0 bridgehead atoms. The molecule has 18 heteroatoms. The van der Waals surface area contributed by atoms with E-state index in [0.29, 0.717) is 29.6 Å². The van der Waals surface area contributed by atoms with Gasteiger partial charge in [0.05, 0.1) is 38.3 Å². The Morgan fingerprint density at radius 3 is 1.87 bits per heavy atom. The maximum absolute atomic E-state index is 11.2. The van der Waals surface area contributed by atoms with Crippen LogP contribution in [0, 0.1) is 46.3 Å². The Kier molecular flexibility index (Phi) is 14.6. The zero-order valence-corrected chi connectivity index (χ0v) is 37.0. The van der Waals surface area contributed by atoms with Crippen LogP contribution in [-0.2, 0) is 33.2 Å². The molecule has 8 aliphatic rings. The molecule has 8 rings (SSSR count). The van der Waals surface area contributed by atoms with Crippen molar-refractivity contribution in [3.63, 3.8) is 0 Å². The van der Waals surface area contributed by atoms with Gasteiger partial charge in [-0.15, -0.1) is 0 Å². The van der Waals surface area contributed by atoms with Gasteiger partial charge in [0.15, 0.2) is 18.9 Å². The molecule has 25 atom stereocenters. The fourth-order valence-corrected chi connectivity index (χ4v) is 13.7. The third-order valence-corrected chi connectivity index (χ3v) is 17.4. The number of aliphatic hydroxyl groups is 11. The van der Waals surface area contributed by atoms with Crippen molar-refractivity contribution in [1.82, 2.24) is 0 Å². The van der Waals surface area contributed by atoms with Gasteiger partial charge in [0.2, 0.25) is 0 Å². The van der Waals surface area contributed by atoms with E-state index >= 15 is 0 Å². The van der Waals surface area contributed by atoms with Crippen LogP contribution in [0.5, 0.6) is 0 Å². The second kappa shape index (κ2) is 19.1. The van der Waals surface area contributed by atoms with Crippen LogP contribution in [-0.4, -0.2) is 187 Å². The van der Waals surface area contributed by atoms with E-state index in [1.165, 1.54) is 5.57 Å². The van der Waals surface area contributed by atoms with Crippen LogP contribution in [0.1, 0.15) is 91.9 Å². The van der Waals surface area contributed by atoms with Gasteiger partial charge in [-0.05, 0) is 111 Å². The molecule has 7 fully saturated rings. The van der Waals surface area contributed by atoms with Gasteiger partial charge >= 0.3 is 0 Å². The number of allylic oxidation sites excluding steroid dienone is 1. The third-order valence-electron chi connectivity index (χ3n) is 17.4. The summed E-state index contributed by atoms with van der Waals surface area (Å²) in [5, 5.41) is 113. The van der Waals surface area contributed by atoms with Crippen LogP contribution in [0.4, 0.5) is 0 Å². The van der Waals surface area contributed by atoms with E-state index in [0.717, 1.165) is 70.0 Å². The van der Waals surface area contributed by atoms with E-state index in [2.05, 4.69) is 27.7 Å². The molecular weight excluding hydrogens is 828 g/mol. The van der Waals surface area contributed by atoms with Crippen LogP contribution in [0.2, 0.25) is 0 Å². The minimum atomic E-state index is -1.74. The van der Waals surface area contributed by atoms with Crippen LogP contribution in [0.25, 0.3) is 0 Å². The fraction of sp³-hybridized carbons (Fsp3) is 0.956. The van der Waals surface area contributed by atoms with Gasteiger partial charge in [-0.1, -0.05) is 20.8 Å². The smallest absolute Gasteiger partial charge is 0.187 e. The maximum Gasteiger partial charge on any atom is 0.187 e. The lowest BCUT2D eigenvalue weighted by Gasteiger charge is -2.61. The second-order valence-electron chi connectivity index (χ2n) is 20.9. The quantitative estimate of drug-likeness (QED) is 0.101. The average Bonchev–Trinajstić information content (AvgIpc) is 3.76. The van der Waals surface area contributed by atoms with Gasteiger partial charge < -0.3 is 89.3 Å². The number of rotatable bonds is 13. The van der Waals surface area contributed by atoms with Crippen molar-refractivity contribution in [3.8, 4) is 0 Å². The lowest BCUT2D eigenvalue weighted by atomic mass is 9.44. The first-order valence-corrected chi connectivity index (χ1v) is 23.5. The fourth-order valence-electron chi connectivity index (χ4n) is 13.7. The first-order chi connectivity index (χ1) is 29.9. The highest BCUT2D eigenvalue weighted by Gasteiger charge is 2.65. The second-order valence-corrected chi connectivity index (χ2v) is 20.9. The first-order valence-electron chi connectivity index (χ1n) is 23.5. The number of hydrogen-bond acceptors (Lipinski definition) is 18. The molecule has 0 aromatic rings. The van der Waals surface area contributed by atoms with Crippen molar-refractivity contribution >= 4 is 0 Å². The summed E-state index contributed by atoms with van der Waals surface area (Å²) in [6.07, 6.45) is -12.1. The summed E-state index contributed by atoms with van der Waals surface area (Å²) < 4.78 is 42.2. The average molecular weight is 903 g/mol. The van der Waals surface area contributed by atoms with Crippen molar-refractivity contribution in [2.45, 2.75) is 196 Å². The molecule has 0 aromatic heterocycles. The number of ether oxygens (including phenoxy) is 7. The van der Waals surface area contributed by atoms with Crippen molar-refractivity contribution < 1.29 is 89.3 Å². The van der Waals surface area contributed by atoms with E-state index < -0.39 is 112 Å². The molecule has 0 aromatic carbocycles. The number of hydrogen-bond donors (Lipinski definition) is 11. The Hall–Kier alpha value is -1.14. The van der Waals surface area contributed by atoms with Crippen LogP contribution < -0.4 is 0 Å². The maximum atomic E-state index is 11.2. The Balaban J connectivity index is 0.872. The zero-order chi connectivity index (χ0) is 45.3. The summed E-state index contributed by atoms with van der Waals surface area (Å²) >= 11 is 0. The predicted molar refractivity (Wildman–Crippen MR) is 218 cm³/mol. The van der Waals surface area contributed by atoms with Gasteiger partial charge in [0, 0.05) is 12.3 Å². The van der Waals surface area contributed by atoms with Gasteiger partial charge in [-0.25, -0.2) is 0 Å². The molecule has 0 amide bonds. The Labute approximate surface area is 369 Å². The molecule has 63 heavy (non-hydrogen) atoms. The summed E-state index contributed by atoms with van der Waals surface area (Å²) in [5.74, 6) is 3.56. The largest absolute Gasteiger partial charge is 0.494 e. The molecule has 4 saturated carbocycles. The third kappa shape index (κ3) is 8.68. The van der Waals surface area contributed by atoms with Crippen LogP contribution in [0.3, 0.4) is 0 Å². The Morgan fingerprint density at radius 2 is 1.22 bits per heavy atom. The molecule has 18 nitrogen and oxygen atoms in total. The minimum Gasteiger partial charge on any atom is -0.494 e. The lowest BCUT2D eigenvalue weighted by Crippen LogP contribution is -2.65. The normalized spacial score (nSPS) is 52.7. The molecule has 3 unspecified atom stereocenters. The van der Waals surface area contributed by atoms with E-state index in [1.807, 2.05) is 0 Å². The van der Waals surface area contributed by atoms with Gasteiger partial charge in [-0.3, -0.25) is 0 Å². The van der Waals surface area contributed by atoms with E-state index in [4.69, 9.17) is 33.2 Å². The highest BCUT2D eigenvalue weighted by Crippen LogP contribution is 2.70. The van der Waals surface area contributed by atoms with Crippen molar-refractivity contribution in [3.05, 3.63) is 11.3 Å². The summed E-state index contributed by atoms with van der Waals surface area (Å²) in [6, 6.07) is 0. The van der Waals surface area contributed by atoms with Gasteiger partial charge in [0.1, 0.15) is 79.4 Å². The van der Waals surface area contributed by atoms with E-state index in [9.17, 15) is 56.2 Å². The Morgan fingerprint density at radius 1 is 0.635 bits per heavy atom. The molecule has 4 aliphatic carbocycles. The van der Waals surface area contributed by atoms with Gasteiger partial charge in [-0.2, -0.15) is 0 Å². The molecule has 0 radical (unpaired) electrons. The zero-order valence-electron chi connectivity index (χ0n) is 37.0. The molecule has 3 saturated heterocycles. The SMILES string of the molecule is CC1=C(CCC(C)CO[C@@H]2O[C@H](CO)[C@@H](O)[C@H](O)[C@H]2O)O[C@H]2C[C@H]3[C@@H]4CCC5CC(O[C@@H]6O[C@H](CO)[C@H](O)[C@H](O)[C@H]6O[C@@H]6O[C@H](CO)[C@@H](O)[C@H](O)[C@H]6O)CC[C@]5(C)[C@H]4CC[C@]3(C)[C@@H]12. The molecule has 362 valence electrons. The molecule has 0 spiro atoms. The van der Waals surface area contributed by atoms with Crippen molar-refractivity contribution in [2.24, 2.45) is 46.3 Å². The number of aliphatic hydroxyl groups excluding tert-OH is 11. The number of fused-ring (bicyclic) bond motifs is 7. The minimum absolute atomic E-state index is 0.0928. The summed E-state index contributed by atoms with van der Waals surface area (Å²) in [7, 11) is 0. The van der Waals surface area contributed by atoms with Crippen molar-refractivity contribution in [2.75, 3.05) is 26.4 Å². The van der Waals surface area contributed by atoms with Crippen LogP contribution >= 0.6 is 0 Å². The van der Waals surface area contributed by atoms with E-state index in [1.54, 1.807) is 0 Å². The molecule has 4 aliphatic heterocycles. The first kappa shape index (κ1) is 48.3. The predicted octanol–water partition coefficient (Wildman–Crippen LogP) is -0.830. The highest BCUT2D eigenvalue weighted by molar-refractivity contribution is 5.26. The van der Waals surface area contributed by atoms with Gasteiger partial charge in [0.25, 0.3) is 0 Å². The summed E-state index contributed by atoms with van der Waals surface area (Å²) in [6.45, 7) is 7.74. The van der Waals surface area contributed by atoms with Crippen LogP contribution in [0.15, 0.2) is 11.3 Å². The Bertz CT molecular complexity index is 1580. The lowest BCUT2D eigenvalue weighted by molar-refractivity contribution is -0.373. The van der Waals surface area contributed by atoms with E-state index in [-0.39, 0.29) is 35.6 Å².